The second-order valence-electron chi connectivity index (χ2n) is 5.04. The van der Waals surface area contributed by atoms with Crippen LogP contribution in [0.4, 0.5) is 0 Å². The zero-order valence-corrected chi connectivity index (χ0v) is 13.3. The molecule has 2 aromatic carbocycles. The lowest BCUT2D eigenvalue weighted by molar-refractivity contribution is -0.133. The number of esters is 1. The van der Waals surface area contributed by atoms with E-state index in [0.29, 0.717) is 29.7 Å². The monoisotopic (exact) mass is 323 g/mol. The summed E-state index contributed by atoms with van der Waals surface area (Å²) in [6.45, 7) is 2.37. The van der Waals surface area contributed by atoms with E-state index in [1.807, 2.05) is 43.3 Å². The minimum atomic E-state index is -0.421. The van der Waals surface area contributed by atoms with Gasteiger partial charge in [-0.2, -0.15) is 0 Å². The number of rotatable bonds is 6. The lowest BCUT2D eigenvalue weighted by Crippen LogP contribution is -2.12. The normalized spacial score (nSPS) is 10.4. The second-order valence-corrected chi connectivity index (χ2v) is 5.04. The molecule has 0 bridgehead atoms. The first kappa shape index (κ1) is 15.8. The van der Waals surface area contributed by atoms with Crippen molar-refractivity contribution in [1.29, 1.82) is 0 Å². The van der Waals surface area contributed by atoms with Gasteiger partial charge in [0.25, 0.3) is 0 Å². The molecule has 5 nitrogen and oxygen atoms in total. The predicted octanol–water partition coefficient (Wildman–Crippen LogP) is 3.89. The fourth-order valence-corrected chi connectivity index (χ4v) is 2.22. The van der Waals surface area contributed by atoms with Crippen molar-refractivity contribution in [1.82, 2.24) is 4.98 Å². The summed E-state index contributed by atoms with van der Waals surface area (Å²) in [6, 6.07) is 16.6. The maximum Gasteiger partial charge on any atom is 0.317 e. The van der Waals surface area contributed by atoms with Crippen LogP contribution in [-0.2, 0) is 11.2 Å². The molecule has 122 valence electrons. The molecule has 0 aliphatic heterocycles. The highest BCUT2D eigenvalue weighted by Crippen LogP contribution is 2.27. The summed E-state index contributed by atoms with van der Waals surface area (Å²) in [5.74, 6) is 0.998. The van der Waals surface area contributed by atoms with E-state index in [9.17, 15) is 4.79 Å². The average molecular weight is 323 g/mol. The molecule has 0 aliphatic carbocycles. The molecule has 0 amide bonds. The van der Waals surface area contributed by atoms with Crippen molar-refractivity contribution >= 4 is 5.97 Å². The molecule has 3 rings (SSSR count). The molecule has 0 N–H and O–H groups in total. The van der Waals surface area contributed by atoms with Gasteiger partial charge in [-0.1, -0.05) is 30.3 Å². The van der Waals surface area contributed by atoms with Gasteiger partial charge >= 0.3 is 5.97 Å². The van der Waals surface area contributed by atoms with Gasteiger partial charge in [0, 0.05) is 5.56 Å². The van der Waals surface area contributed by atoms with Crippen LogP contribution >= 0.6 is 0 Å². The van der Waals surface area contributed by atoms with Crippen LogP contribution in [0.2, 0.25) is 0 Å². The van der Waals surface area contributed by atoms with Gasteiger partial charge in [0.1, 0.15) is 6.26 Å². The summed E-state index contributed by atoms with van der Waals surface area (Å²) >= 11 is 0. The highest BCUT2D eigenvalue weighted by molar-refractivity contribution is 5.75. The molecule has 0 saturated carbocycles. The third-order valence-electron chi connectivity index (χ3n) is 3.27. The molecule has 0 fully saturated rings. The van der Waals surface area contributed by atoms with Crippen molar-refractivity contribution in [3.8, 4) is 23.0 Å². The Bertz CT molecular complexity index is 811. The van der Waals surface area contributed by atoms with Gasteiger partial charge in [0.05, 0.1) is 18.7 Å². The zero-order chi connectivity index (χ0) is 16.8. The first-order chi connectivity index (χ1) is 11.8. The van der Waals surface area contributed by atoms with E-state index < -0.39 is 5.97 Å². The number of aromatic nitrogens is 1. The van der Waals surface area contributed by atoms with Crippen molar-refractivity contribution in [2.45, 2.75) is 13.3 Å². The minimum Gasteiger partial charge on any atom is -0.490 e. The lowest BCUT2D eigenvalue weighted by atomic mass is 10.2. The summed E-state index contributed by atoms with van der Waals surface area (Å²) in [4.78, 5) is 16.4. The first-order valence-corrected chi connectivity index (χ1v) is 7.68. The lowest BCUT2D eigenvalue weighted by Gasteiger charge is -2.09. The van der Waals surface area contributed by atoms with Gasteiger partial charge in [0.2, 0.25) is 5.89 Å². The Morgan fingerprint density at radius 1 is 1.04 bits per heavy atom. The van der Waals surface area contributed by atoms with Gasteiger partial charge in [0.15, 0.2) is 11.5 Å². The fourth-order valence-electron chi connectivity index (χ4n) is 2.22. The minimum absolute atomic E-state index is 0.0246. The Kier molecular flexibility index (Phi) is 4.91. The Labute approximate surface area is 139 Å². The molecule has 1 heterocycles. The number of benzene rings is 2. The maximum absolute atomic E-state index is 12.1. The van der Waals surface area contributed by atoms with Crippen LogP contribution < -0.4 is 9.47 Å². The highest BCUT2D eigenvalue weighted by Gasteiger charge is 2.14. The first-order valence-electron chi connectivity index (χ1n) is 7.68. The Balaban J connectivity index is 1.67. The van der Waals surface area contributed by atoms with Gasteiger partial charge in [-0.3, -0.25) is 4.79 Å². The quantitative estimate of drug-likeness (QED) is 0.509. The van der Waals surface area contributed by atoms with Crippen LogP contribution in [0.3, 0.4) is 0 Å². The predicted molar refractivity (Wildman–Crippen MR) is 88.9 cm³/mol. The number of nitrogens with zero attached hydrogens (tertiary/aromatic N) is 1. The van der Waals surface area contributed by atoms with E-state index in [-0.39, 0.29) is 6.42 Å². The van der Waals surface area contributed by atoms with Crippen LogP contribution in [0, 0.1) is 0 Å². The summed E-state index contributed by atoms with van der Waals surface area (Å²) in [6.07, 6.45) is 1.49. The highest BCUT2D eigenvalue weighted by atomic mass is 16.6. The molecule has 0 atom stereocenters. The third kappa shape index (κ3) is 3.81. The zero-order valence-electron chi connectivity index (χ0n) is 13.3. The average Bonchev–Trinajstić information content (AvgIpc) is 3.06. The largest absolute Gasteiger partial charge is 0.490 e. The SMILES string of the molecule is CCOc1ccccc1OC(=O)Cc1coc(-c2ccccc2)n1. The molecule has 0 saturated heterocycles. The molecule has 0 radical (unpaired) electrons. The summed E-state index contributed by atoms with van der Waals surface area (Å²) in [7, 11) is 0. The van der Waals surface area contributed by atoms with Crippen LogP contribution in [0.15, 0.2) is 65.3 Å². The number of ether oxygens (including phenoxy) is 2. The molecule has 0 aliphatic rings. The molecule has 1 aromatic heterocycles. The number of oxazole rings is 1. The molecule has 0 spiro atoms. The van der Waals surface area contributed by atoms with Crippen molar-refractivity contribution in [3.63, 3.8) is 0 Å². The van der Waals surface area contributed by atoms with Crippen molar-refractivity contribution in [3.05, 3.63) is 66.6 Å². The van der Waals surface area contributed by atoms with Gasteiger partial charge in [-0.05, 0) is 31.2 Å². The standard InChI is InChI=1S/C19H17NO4/c1-2-22-16-10-6-7-11-17(16)24-18(21)12-15-13-23-19(20-15)14-8-4-3-5-9-14/h3-11,13H,2,12H2,1H3. The van der Waals surface area contributed by atoms with E-state index in [2.05, 4.69) is 4.98 Å². The van der Waals surface area contributed by atoms with Crippen LogP contribution in [0.5, 0.6) is 11.5 Å². The molecular weight excluding hydrogens is 306 g/mol. The van der Waals surface area contributed by atoms with E-state index >= 15 is 0 Å². The maximum atomic E-state index is 12.1. The van der Waals surface area contributed by atoms with E-state index in [0.717, 1.165) is 5.56 Å². The number of carbonyl (C=O) groups is 1. The fraction of sp³-hybridized carbons (Fsp3) is 0.158. The number of carbonyl (C=O) groups excluding carboxylic acids is 1. The molecule has 24 heavy (non-hydrogen) atoms. The van der Waals surface area contributed by atoms with E-state index in [1.165, 1.54) is 6.26 Å². The molecular formula is C19H17NO4. The summed E-state index contributed by atoms with van der Waals surface area (Å²) in [5, 5.41) is 0. The van der Waals surface area contributed by atoms with Crippen LogP contribution in [0.25, 0.3) is 11.5 Å². The second kappa shape index (κ2) is 7.46. The van der Waals surface area contributed by atoms with E-state index in [4.69, 9.17) is 13.9 Å². The summed E-state index contributed by atoms with van der Waals surface area (Å²) < 4.78 is 16.2. The smallest absolute Gasteiger partial charge is 0.317 e. The molecule has 3 aromatic rings. The van der Waals surface area contributed by atoms with Gasteiger partial charge < -0.3 is 13.9 Å². The Morgan fingerprint density at radius 3 is 2.50 bits per heavy atom. The topological polar surface area (TPSA) is 61.6 Å². The number of para-hydroxylation sites is 2. The van der Waals surface area contributed by atoms with E-state index in [1.54, 1.807) is 18.2 Å². The van der Waals surface area contributed by atoms with Gasteiger partial charge in [-0.15, -0.1) is 0 Å². The van der Waals surface area contributed by atoms with Crippen LogP contribution in [0.1, 0.15) is 12.6 Å². The Hall–Kier alpha value is -3.08. The Morgan fingerprint density at radius 2 is 1.75 bits per heavy atom. The molecule has 5 heteroatoms. The van der Waals surface area contributed by atoms with Crippen molar-refractivity contribution in [2.75, 3.05) is 6.61 Å². The summed E-state index contributed by atoms with van der Waals surface area (Å²) in [5.41, 5.74) is 1.38. The third-order valence-corrected chi connectivity index (χ3v) is 3.27. The number of hydrogen-bond donors (Lipinski definition) is 0. The van der Waals surface area contributed by atoms with Crippen molar-refractivity contribution in [2.24, 2.45) is 0 Å². The number of hydrogen-bond acceptors (Lipinski definition) is 5. The molecule has 0 unspecified atom stereocenters. The van der Waals surface area contributed by atoms with Crippen LogP contribution in [-0.4, -0.2) is 17.6 Å². The van der Waals surface area contributed by atoms with Gasteiger partial charge in [-0.25, -0.2) is 4.98 Å². The van der Waals surface area contributed by atoms with Crippen molar-refractivity contribution < 1.29 is 18.7 Å².